The minimum Gasteiger partial charge on any atom is -0.493 e. The highest BCUT2D eigenvalue weighted by molar-refractivity contribution is 7.14. The van der Waals surface area contributed by atoms with Gasteiger partial charge in [0.25, 0.3) is 5.69 Å². The van der Waals surface area contributed by atoms with E-state index in [1.165, 1.54) is 36.3 Å². The van der Waals surface area contributed by atoms with Gasteiger partial charge in [0.2, 0.25) is 5.91 Å². The highest BCUT2D eigenvalue weighted by Crippen LogP contribution is 2.35. The molecule has 11 heteroatoms. The summed E-state index contributed by atoms with van der Waals surface area (Å²) in [5, 5.41) is 13.6. The highest BCUT2D eigenvalue weighted by atomic mass is 32.1. The topological polar surface area (TPSA) is 121 Å². The van der Waals surface area contributed by atoms with Crippen molar-refractivity contribution in [3.63, 3.8) is 0 Å². The Balaban J connectivity index is 1.79. The Hall–Kier alpha value is -3.99. The molecule has 3 aromatic rings. The van der Waals surface area contributed by atoms with Gasteiger partial charge in [0, 0.05) is 18.4 Å². The number of hydrogen-bond acceptors (Lipinski definition) is 9. The molecule has 0 aliphatic rings. The summed E-state index contributed by atoms with van der Waals surface area (Å²) in [5.74, 6) is -0.805. The van der Waals surface area contributed by atoms with E-state index in [0.29, 0.717) is 16.5 Å². The zero-order valence-electron chi connectivity index (χ0n) is 19.8. The normalized spacial score (nSPS) is 10.5. The van der Waals surface area contributed by atoms with E-state index in [1.54, 1.807) is 12.3 Å². The van der Waals surface area contributed by atoms with Gasteiger partial charge in [-0.05, 0) is 31.0 Å². The number of hydrogen-bond donors (Lipinski definition) is 0. The van der Waals surface area contributed by atoms with Crippen molar-refractivity contribution in [2.75, 3.05) is 18.6 Å². The summed E-state index contributed by atoms with van der Waals surface area (Å²) in [4.78, 5) is 41.7. The van der Waals surface area contributed by atoms with Gasteiger partial charge in [0.05, 0.1) is 36.1 Å². The van der Waals surface area contributed by atoms with Crippen LogP contribution in [0.2, 0.25) is 0 Å². The Bertz CT molecular complexity index is 1220. The number of aryl methyl sites for hydroxylation is 1. The van der Waals surface area contributed by atoms with Gasteiger partial charge in [-0.15, -0.1) is 11.3 Å². The van der Waals surface area contributed by atoms with Crippen LogP contribution in [0.15, 0.2) is 41.8 Å². The average Bonchev–Trinajstić information content (AvgIpc) is 3.31. The maximum atomic E-state index is 12.7. The van der Waals surface area contributed by atoms with Crippen molar-refractivity contribution in [2.24, 2.45) is 0 Å². The SMILES string of the molecule is CCOc1cc([N+](=O)[O-])c(C(=O)OCc2csc(N(C(C)=O)c3ccc(CC)cc3)n2)cc1OC. The minimum absolute atomic E-state index is 0.152. The van der Waals surface area contributed by atoms with Crippen LogP contribution in [0.1, 0.15) is 42.4 Å². The molecule has 184 valence electrons. The van der Waals surface area contributed by atoms with Gasteiger partial charge in [-0.25, -0.2) is 9.78 Å². The third-order valence-corrected chi connectivity index (χ3v) is 5.87. The highest BCUT2D eigenvalue weighted by Gasteiger charge is 2.26. The molecule has 3 rings (SSSR count). The fourth-order valence-electron chi connectivity index (χ4n) is 3.28. The number of aromatic nitrogens is 1. The fourth-order valence-corrected chi connectivity index (χ4v) is 4.15. The van der Waals surface area contributed by atoms with Crippen molar-refractivity contribution >= 4 is 39.7 Å². The van der Waals surface area contributed by atoms with Crippen molar-refractivity contribution in [3.8, 4) is 11.5 Å². The number of thiazole rings is 1. The fraction of sp³-hybridized carbons (Fsp3) is 0.292. The number of benzene rings is 2. The van der Waals surface area contributed by atoms with Crippen LogP contribution in [0.4, 0.5) is 16.5 Å². The molecular formula is C24H25N3O7S. The number of nitro groups is 1. The average molecular weight is 500 g/mol. The van der Waals surface area contributed by atoms with Gasteiger partial charge in [0.1, 0.15) is 12.2 Å². The van der Waals surface area contributed by atoms with Crippen LogP contribution < -0.4 is 14.4 Å². The molecule has 0 saturated heterocycles. The quantitative estimate of drug-likeness (QED) is 0.215. The first kappa shape index (κ1) is 25.6. The second-order valence-corrected chi connectivity index (χ2v) is 8.12. The van der Waals surface area contributed by atoms with E-state index >= 15 is 0 Å². The molecule has 35 heavy (non-hydrogen) atoms. The van der Waals surface area contributed by atoms with Crippen molar-refractivity contribution in [2.45, 2.75) is 33.8 Å². The Morgan fingerprint density at radius 2 is 1.86 bits per heavy atom. The van der Waals surface area contributed by atoms with Gasteiger partial charge in [-0.3, -0.25) is 19.8 Å². The summed E-state index contributed by atoms with van der Waals surface area (Å²) in [6.45, 7) is 5.24. The Kier molecular flexibility index (Phi) is 8.37. The van der Waals surface area contributed by atoms with Crippen LogP contribution in [0, 0.1) is 10.1 Å². The largest absolute Gasteiger partial charge is 0.493 e. The third kappa shape index (κ3) is 5.93. The maximum Gasteiger partial charge on any atom is 0.345 e. The molecule has 1 amide bonds. The molecule has 1 heterocycles. The minimum atomic E-state index is -0.911. The van der Waals surface area contributed by atoms with E-state index < -0.39 is 16.6 Å². The molecule has 1 aromatic heterocycles. The summed E-state index contributed by atoms with van der Waals surface area (Å²) < 4.78 is 15.8. The Morgan fingerprint density at radius 1 is 1.14 bits per heavy atom. The number of anilines is 2. The monoisotopic (exact) mass is 499 g/mol. The Morgan fingerprint density at radius 3 is 2.43 bits per heavy atom. The smallest absolute Gasteiger partial charge is 0.345 e. The van der Waals surface area contributed by atoms with E-state index in [4.69, 9.17) is 14.2 Å². The number of rotatable bonds is 10. The zero-order chi connectivity index (χ0) is 25.5. The molecule has 2 aromatic carbocycles. The van der Waals surface area contributed by atoms with Crippen LogP contribution in [0.3, 0.4) is 0 Å². The zero-order valence-corrected chi connectivity index (χ0v) is 20.6. The predicted octanol–water partition coefficient (Wildman–Crippen LogP) is 5.06. The molecular weight excluding hydrogens is 474 g/mol. The molecule has 0 aliphatic carbocycles. The van der Waals surface area contributed by atoms with Crippen LogP contribution >= 0.6 is 11.3 Å². The molecule has 0 aliphatic heterocycles. The van der Waals surface area contributed by atoms with E-state index in [1.807, 2.05) is 31.2 Å². The van der Waals surface area contributed by atoms with Gasteiger partial charge < -0.3 is 14.2 Å². The van der Waals surface area contributed by atoms with Crippen LogP contribution in [0.5, 0.6) is 11.5 Å². The van der Waals surface area contributed by atoms with Crippen molar-refractivity contribution in [3.05, 3.63) is 68.7 Å². The summed E-state index contributed by atoms with van der Waals surface area (Å²) in [5.41, 5.74) is 1.48. The lowest BCUT2D eigenvalue weighted by Gasteiger charge is -2.18. The summed E-state index contributed by atoms with van der Waals surface area (Å²) in [6.07, 6.45) is 0.880. The first-order valence-electron chi connectivity index (χ1n) is 10.8. The van der Waals surface area contributed by atoms with E-state index in [9.17, 15) is 19.7 Å². The number of amides is 1. The van der Waals surface area contributed by atoms with Crippen molar-refractivity contribution in [1.82, 2.24) is 4.98 Å². The number of esters is 1. The van der Waals surface area contributed by atoms with Crippen LogP contribution in [-0.4, -0.2) is 35.5 Å². The molecule has 0 unspecified atom stereocenters. The molecule has 0 atom stereocenters. The molecule has 0 fully saturated rings. The lowest BCUT2D eigenvalue weighted by Crippen LogP contribution is -2.22. The number of carbonyl (C=O) groups excluding carboxylic acids is 2. The van der Waals surface area contributed by atoms with Gasteiger partial charge in [-0.2, -0.15) is 0 Å². The summed E-state index contributed by atoms with van der Waals surface area (Å²) in [6, 6.07) is 9.93. The van der Waals surface area contributed by atoms with E-state index in [-0.39, 0.29) is 36.2 Å². The van der Waals surface area contributed by atoms with E-state index in [0.717, 1.165) is 18.1 Å². The van der Waals surface area contributed by atoms with Gasteiger partial charge in [0.15, 0.2) is 16.6 Å². The van der Waals surface area contributed by atoms with E-state index in [2.05, 4.69) is 4.98 Å². The second-order valence-electron chi connectivity index (χ2n) is 7.28. The van der Waals surface area contributed by atoms with Crippen molar-refractivity contribution < 1.29 is 28.7 Å². The lowest BCUT2D eigenvalue weighted by molar-refractivity contribution is -0.385. The number of nitro benzene ring substituents is 1. The van der Waals surface area contributed by atoms with Gasteiger partial charge in [-0.1, -0.05) is 19.1 Å². The first-order chi connectivity index (χ1) is 16.8. The molecule has 0 bridgehead atoms. The molecule has 0 N–H and O–H groups in total. The molecule has 0 radical (unpaired) electrons. The number of carbonyl (C=O) groups is 2. The third-order valence-electron chi connectivity index (χ3n) is 5.00. The second kappa shape index (κ2) is 11.4. The molecule has 10 nitrogen and oxygen atoms in total. The number of nitrogens with zero attached hydrogens (tertiary/aromatic N) is 3. The van der Waals surface area contributed by atoms with Gasteiger partial charge >= 0.3 is 5.97 Å². The van der Waals surface area contributed by atoms with Crippen molar-refractivity contribution in [1.29, 1.82) is 0 Å². The molecule has 0 saturated carbocycles. The summed E-state index contributed by atoms with van der Waals surface area (Å²) in [7, 11) is 1.37. The Labute approximate surface area is 206 Å². The maximum absolute atomic E-state index is 12.7. The predicted molar refractivity (Wildman–Crippen MR) is 131 cm³/mol. The lowest BCUT2D eigenvalue weighted by atomic mass is 10.1. The number of ether oxygens (including phenoxy) is 3. The summed E-state index contributed by atoms with van der Waals surface area (Å²) >= 11 is 1.22. The van der Waals surface area contributed by atoms with Crippen LogP contribution in [0.25, 0.3) is 0 Å². The number of methoxy groups -OCH3 is 1. The standard InChI is InChI=1S/C24H25N3O7S/c1-5-16-7-9-18(10-8-16)26(15(3)28)24-25-17(14-35-24)13-34-23(29)19-11-21(32-4)22(33-6-2)12-20(19)27(30)31/h7-12,14H,5-6,13H2,1-4H3. The van der Waals surface area contributed by atoms with Crippen LogP contribution in [-0.2, 0) is 22.6 Å². The molecule has 0 spiro atoms. The first-order valence-corrected chi connectivity index (χ1v) is 11.7.